The molecule has 16 heavy (non-hydrogen) atoms. The number of ether oxygens (including phenoxy) is 1. The minimum absolute atomic E-state index is 0.0876. The first-order valence-corrected chi connectivity index (χ1v) is 4.67. The van der Waals surface area contributed by atoms with Crippen molar-refractivity contribution in [1.82, 2.24) is 10.2 Å². The molecule has 0 saturated carbocycles. The summed E-state index contributed by atoms with van der Waals surface area (Å²) in [7, 11) is 3.99. The van der Waals surface area contributed by atoms with E-state index in [0.717, 1.165) is 4.90 Å². The Bertz CT molecular complexity index is 245. The van der Waals surface area contributed by atoms with Crippen LogP contribution in [-0.2, 0) is 9.53 Å². The Labute approximate surface area is 92.7 Å². The number of carbonyl (C=O) groups is 1. The molecule has 0 fully saturated rings. The second-order valence-corrected chi connectivity index (χ2v) is 3.86. The van der Waals surface area contributed by atoms with Gasteiger partial charge in [-0.25, -0.2) is 0 Å². The lowest BCUT2D eigenvalue weighted by atomic mass is 10.0. The van der Waals surface area contributed by atoms with Crippen LogP contribution in [0.1, 0.15) is 6.92 Å². The summed E-state index contributed by atoms with van der Waals surface area (Å²) in [5, 5.41) is 2.66. The highest BCUT2D eigenvalue weighted by Crippen LogP contribution is 2.17. The Balaban J connectivity index is 4.48. The van der Waals surface area contributed by atoms with Crippen LogP contribution in [-0.4, -0.2) is 56.9 Å². The summed E-state index contributed by atoms with van der Waals surface area (Å²) >= 11 is 0. The van der Waals surface area contributed by atoms with Crippen molar-refractivity contribution in [2.24, 2.45) is 0 Å². The number of methoxy groups -OCH3 is 1. The summed E-state index contributed by atoms with van der Waals surface area (Å²) in [6, 6.07) is 0. The molecule has 1 atom stereocenters. The van der Waals surface area contributed by atoms with Crippen molar-refractivity contribution < 1.29 is 22.7 Å². The molecule has 0 aromatic rings. The predicted molar refractivity (Wildman–Crippen MR) is 53.0 cm³/mol. The molecule has 1 unspecified atom stereocenters. The van der Waals surface area contributed by atoms with Gasteiger partial charge in [-0.05, 0) is 21.0 Å². The standard InChI is InChI=1S/C9H17F3N2O2/c1-8(13-2,7(15)16-4)5-14(3)6-9(10,11)12/h13H,5-6H2,1-4H3. The van der Waals surface area contributed by atoms with Gasteiger partial charge >= 0.3 is 12.1 Å². The first kappa shape index (κ1) is 15.2. The molecule has 4 nitrogen and oxygen atoms in total. The quantitative estimate of drug-likeness (QED) is 0.718. The molecule has 0 aromatic carbocycles. The highest BCUT2D eigenvalue weighted by atomic mass is 19.4. The number of nitrogens with one attached hydrogen (secondary N) is 1. The summed E-state index contributed by atoms with van der Waals surface area (Å²) in [6.07, 6.45) is -4.28. The average molecular weight is 242 g/mol. The van der Waals surface area contributed by atoms with Crippen molar-refractivity contribution in [1.29, 1.82) is 0 Å². The van der Waals surface area contributed by atoms with Crippen LogP contribution in [0.25, 0.3) is 0 Å². The number of hydrogen-bond acceptors (Lipinski definition) is 4. The molecular formula is C9H17F3N2O2. The monoisotopic (exact) mass is 242 g/mol. The highest BCUT2D eigenvalue weighted by Gasteiger charge is 2.37. The molecule has 0 aliphatic heterocycles. The number of likely N-dealkylation sites (N-methyl/N-ethyl adjacent to an activating group) is 2. The zero-order chi connectivity index (χ0) is 13.0. The lowest BCUT2D eigenvalue weighted by Gasteiger charge is -2.31. The molecule has 0 radical (unpaired) electrons. The number of nitrogens with zero attached hydrogens (tertiary/aromatic N) is 1. The van der Waals surface area contributed by atoms with E-state index in [1.807, 2.05) is 0 Å². The number of halogens is 3. The molecule has 7 heteroatoms. The minimum Gasteiger partial charge on any atom is -0.468 e. The van der Waals surface area contributed by atoms with Gasteiger partial charge in [0.25, 0.3) is 0 Å². The summed E-state index contributed by atoms with van der Waals surface area (Å²) < 4.78 is 40.8. The van der Waals surface area contributed by atoms with E-state index in [1.54, 1.807) is 0 Å². The topological polar surface area (TPSA) is 41.6 Å². The van der Waals surface area contributed by atoms with E-state index in [-0.39, 0.29) is 6.54 Å². The van der Waals surface area contributed by atoms with Crippen molar-refractivity contribution in [3.05, 3.63) is 0 Å². The third kappa shape index (κ3) is 4.80. The maximum Gasteiger partial charge on any atom is 0.401 e. The maximum atomic E-state index is 12.1. The fourth-order valence-electron chi connectivity index (χ4n) is 1.37. The van der Waals surface area contributed by atoms with Gasteiger partial charge < -0.3 is 10.1 Å². The van der Waals surface area contributed by atoms with E-state index in [4.69, 9.17) is 0 Å². The first-order valence-electron chi connectivity index (χ1n) is 4.67. The maximum absolute atomic E-state index is 12.1. The molecule has 96 valence electrons. The Kier molecular flexibility index (Phi) is 5.21. The smallest absolute Gasteiger partial charge is 0.401 e. The third-order valence-electron chi connectivity index (χ3n) is 2.22. The van der Waals surface area contributed by atoms with Crippen LogP contribution < -0.4 is 5.32 Å². The van der Waals surface area contributed by atoms with Crippen LogP contribution in [0, 0.1) is 0 Å². The van der Waals surface area contributed by atoms with Crippen LogP contribution in [0.15, 0.2) is 0 Å². The van der Waals surface area contributed by atoms with Crippen molar-refractivity contribution >= 4 is 5.97 Å². The van der Waals surface area contributed by atoms with Crippen LogP contribution in [0.2, 0.25) is 0 Å². The number of hydrogen-bond donors (Lipinski definition) is 1. The van der Waals surface area contributed by atoms with Gasteiger partial charge in [-0.1, -0.05) is 0 Å². The van der Waals surface area contributed by atoms with E-state index in [0.29, 0.717) is 0 Å². The van der Waals surface area contributed by atoms with Gasteiger partial charge in [-0.15, -0.1) is 0 Å². The van der Waals surface area contributed by atoms with Gasteiger partial charge in [-0.3, -0.25) is 9.69 Å². The molecular weight excluding hydrogens is 225 g/mol. The normalized spacial score (nSPS) is 16.0. The zero-order valence-electron chi connectivity index (χ0n) is 9.81. The van der Waals surface area contributed by atoms with Gasteiger partial charge in [0.15, 0.2) is 0 Å². The third-order valence-corrected chi connectivity index (χ3v) is 2.22. The summed E-state index contributed by atoms with van der Waals surface area (Å²) in [6.45, 7) is 0.336. The number of carbonyl (C=O) groups excluding carboxylic acids is 1. The Morgan fingerprint density at radius 2 is 1.88 bits per heavy atom. The number of alkyl halides is 3. The Morgan fingerprint density at radius 1 is 1.38 bits per heavy atom. The molecule has 0 heterocycles. The molecule has 0 spiro atoms. The number of esters is 1. The van der Waals surface area contributed by atoms with Gasteiger partial charge in [0.05, 0.1) is 13.7 Å². The molecule has 0 rings (SSSR count). The van der Waals surface area contributed by atoms with Crippen molar-refractivity contribution in [2.75, 3.05) is 34.3 Å². The lowest BCUT2D eigenvalue weighted by molar-refractivity contribution is -0.155. The predicted octanol–water partition coefficient (Wildman–Crippen LogP) is 0.632. The first-order chi connectivity index (χ1) is 7.14. The van der Waals surface area contributed by atoms with E-state index < -0.39 is 24.2 Å². The molecule has 0 saturated heterocycles. The van der Waals surface area contributed by atoms with Crippen LogP contribution in [0.5, 0.6) is 0 Å². The molecule has 0 aliphatic carbocycles. The largest absolute Gasteiger partial charge is 0.468 e. The summed E-state index contributed by atoms with van der Waals surface area (Å²) in [4.78, 5) is 12.4. The average Bonchev–Trinajstić information content (AvgIpc) is 2.13. The van der Waals surface area contributed by atoms with Crippen LogP contribution in [0.3, 0.4) is 0 Å². The highest BCUT2D eigenvalue weighted by molar-refractivity contribution is 5.80. The second-order valence-electron chi connectivity index (χ2n) is 3.86. The van der Waals surface area contributed by atoms with E-state index >= 15 is 0 Å². The van der Waals surface area contributed by atoms with Crippen LogP contribution >= 0.6 is 0 Å². The van der Waals surface area contributed by atoms with E-state index in [9.17, 15) is 18.0 Å². The molecule has 1 N–H and O–H groups in total. The Morgan fingerprint density at radius 3 is 2.19 bits per heavy atom. The second kappa shape index (κ2) is 5.49. The van der Waals surface area contributed by atoms with Crippen LogP contribution in [0.4, 0.5) is 13.2 Å². The molecule has 0 aromatic heterocycles. The van der Waals surface area contributed by atoms with Gasteiger partial charge in [0.1, 0.15) is 5.54 Å². The van der Waals surface area contributed by atoms with Crippen molar-refractivity contribution in [3.63, 3.8) is 0 Å². The minimum atomic E-state index is -4.28. The van der Waals surface area contributed by atoms with Gasteiger partial charge in [0.2, 0.25) is 0 Å². The summed E-state index contributed by atoms with van der Waals surface area (Å²) in [5.74, 6) is -0.593. The molecule has 0 bridgehead atoms. The fraction of sp³-hybridized carbons (Fsp3) is 0.889. The lowest BCUT2D eigenvalue weighted by Crippen LogP contribution is -2.56. The summed E-state index contributed by atoms with van der Waals surface area (Å²) in [5.41, 5.74) is -1.14. The Hall–Kier alpha value is -0.820. The van der Waals surface area contributed by atoms with E-state index in [2.05, 4.69) is 10.1 Å². The zero-order valence-corrected chi connectivity index (χ0v) is 9.81. The van der Waals surface area contributed by atoms with Crippen molar-refractivity contribution in [2.45, 2.75) is 18.6 Å². The molecule has 0 aliphatic rings. The van der Waals surface area contributed by atoms with Gasteiger partial charge in [0, 0.05) is 6.54 Å². The van der Waals surface area contributed by atoms with Gasteiger partial charge in [-0.2, -0.15) is 13.2 Å². The molecule has 0 amide bonds. The fourth-order valence-corrected chi connectivity index (χ4v) is 1.37. The SMILES string of the molecule is CNC(C)(CN(C)CC(F)(F)F)C(=O)OC. The van der Waals surface area contributed by atoms with Crippen molar-refractivity contribution in [3.8, 4) is 0 Å². The number of rotatable bonds is 5. The van der Waals surface area contributed by atoms with E-state index in [1.165, 1.54) is 28.1 Å².